The zero-order valence-corrected chi connectivity index (χ0v) is 8.18. The van der Waals surface area contributed by atoms with Crippen molar-refractivity contribution in [2.75, 3.05) is 6.54 Å². The van der Waals surface area contributed by atoms with Crippen LogP contribution in [0.15, 0.2) is 18.2 Å². The molecule has 0 aliphatic rings. The van der Waals surface area contributed by atoms with Gasteiger partial charge in [0.1, 0.15) is 6.54 Å². The van der Waals surface area contributed by atoms with Crippen molar-refractivity contribution in [3.8, 4) is 0 Å². The third kappa shape index (κ3) is 1.88. The molecule has 0 amide bonds. The molecule has 5 heteroatoms. The van der Waals surface area contributed by atoms with Gasteiger partial charge >= 0.3 is 5.69 Å². The molecule has 1 rings (SSSR count). The maximum Gasteiger partial charge on any atom is 0.385 e. The molecular formula is C9H13N3O2+2. The molecule has 5 nitrogen and oxygen atoms in total. The number of hydrogen-bond acceptors (Lipinski definition) is 3. The number of rotatable bonds is 2. The van der Waals surface area contributed by atoms with E-state index in [1.807, 2.05) is 0 Å². The van der Waals surface area contributed by atoms with E-state index in [2.05, 4.69) is 4.98 Å². The van der Waals surface area contributed by atoms with Crippen molar-refractivity contribution in [3.63, 3.8) is 0 Å². The molecule has 14 heavy (non-hydrogen) atoms. The Hall–Kier alpha value is -1.48. The van der Waals surface area contributed by atoms with Gasteiger partial charge in [-0.3, -0.25) is 0 Å². The molecule has 0 spiro atoms. The third-order valence-corrected chi connectivity index (χ3v) is 2.12. The minimum absolute atomic E-state index is 0.149. The normalized spacial score (nSPS) is 11.1. The van der Waals surface area contributed by atoms with Gasteiger partial charge in [-0.2, -0.15) is 10.4 Å². The first-order chi connectivity index (χ1) is 6.51. The number of benzene rings is 1. The fraction of sp³-hybridized carbons (Fsp3) is 0.333. The van der Waals surface area contributed by atoms with Crippen LogP contribution in [0.5, 0.6) is 0 Å². The van der Waals surface area contributed by atoms with Crippen molar-refractivity contribution < 1.29 is 10.4 Å². The Morgan fingerprint density at radius 1 is 1.43 bits per heavy atom. The summed E-state index contributed by atoms with van der Waals surface area (Å²) < 4.78 is 0. The SMILES string of the molecule is CC[N+](O)(O)c1ccc([N+]#N)cc1C. The molecule has 0 saturated carbocycles. The van der Waals surface area contributed by atoms with Crippen molar-refractivity contribution >= 4 is 11.4 Å². The predicted octanol–water partition coefficient (Wildman–Crippen LogP) is 2.59. The number of nitrogens with zero attached hydrogens (tertiary/aromatic N) is 3. The lowest BCUT2D eigenvalue weighted by molar-refractivity contribution is -0.288. The van der Waals surface area contributed by atoms with E-state index in [0.717, 1.165) is 0 Å². The van der Waals surface area contributed by atoms with Crippen molar-refractivity contribution in [2.24, 2.45) is 0 Å². The fourth-order valence-electron chi connectivity index (χ4n) is 1.27. The van der Waals surface area contributed by atoms with Gasteiger partial charge in [-0.1, -0.05) is 0 Å². The van der Waals surface area contributed by atoms with E-state index < -0.39 is 4.81 Å². The first-order valence-corrected chi connectivity index (χ1v) is 4.31. The Morgan fingerprint density at radius 2 is 2.07 bits per heavy atom. The average molecular weight is 195 g/mol. The Bertz CT molecular complexity index is 382. The third-order valence-electron chi connectivity index (χ3n) is 2.12. The van der Waals surface area contributed by atoms with Gasteiger partial charge in [0.15, 0.2) is 4.98 Å². The molecule has 0 aliphatic heterocycles. The Labute approximate surface area is 82.0 Å². The highest BCUT2D eigenvalue weighted by Gasteiger charge is 2.27. The molecule has 0 heterocycles. The first-order valence-electron chi connectivity index (χ1n) is 4.31. The van der Waals surface area contributed by atoms with Gasteiger partial charge in [0.05, 0.1) is 0 Å². The molecule has 0 aliphatic carbocycles. The Balaban J connectivity index is 3.20. The average Bonchev–Trinajstić information content (AvgIpc) is 2.17. The standard InChI is InChI=1S/C9H13N3O2/c1-3-12(13,14)9-5-4-8(11-10)6-7(9)2/h4-6,13-14H,3H2,1-2H3/q+2. The van der Waals surface area contributed by atoms with Gasteiger partial charge in [0.2, 0.25) is 11.1 Å². The summed E-state index contributed by atoms with van der Waals surface area (Å²) in [4.78, 5) is 1.85. The molecule has 1 aromatic rings. The van der Waals surface area contributed by atoms with Crippen LogP contribution in [0.2, 0.25) is 0 Å². The summed E-state index contributed by atoms with van der Waals surface area (Å²) in [5.41, 5.74) is 1.43. The second-order valence-corrected chi connectivity index (χ2v) is 3.12. The lowest BCUT2D eigenvalue weighted by atomic mass is 10.1. The van der Waals surface area contributed by atoms with Gasteiger partial charge in [0.25, 0.3) is 0 Å². The van der Waals surface area contributed by atoms with E-state index in [0.29, 0.717) is 16.9 Å². The summed E-state index contributed by atoms with van der Waals surface area (Å²) >= 11 is 0. The highest BCUT2D eigenvalue weighted by atomic mass is 16.8. The number of aryl methyl sites for hydroxylation is 1. The molecule has 0 bridgehead atoms. The van der Waals surface area contributed by atoms with Crippen LogP contribution in [0.4, 0.5) is 11.4 Å². The summed E-state index contributed by atoms with van der Waals surface area (Å²) in [7, 11) is 0. The van der Waals surface area contributed by atoms with Crippen LogP contribution >= 0.6 is 0 Å². The predicted molar refractivity (Wildman–Crippen MR) is 51.8 cm³/mol. The van der Waals surface area contributed by atoms with Crippen LogP contribution in [0.25, 0.3) is 4.98 Å². The Kier molecular flexibility index (Phi) is 2.81. The van der Waals surface area contributed by atoms with Crippen molar-refractivity contribution in [2.45, 2.75) is 13.8 Å². The van der Waals surface area contributed by atoms with Gasteiger partial charge < -0.3 is 0 Å². The fourth-order valence-corrected chi connectivity index (χ4v) is 1.27. The zero-order valence-electron chi connectivity index (χ0n) is 8.18. The summed E-state index contributed by atoms with van der Waals surface area (Å²) in [6.07, 6.45) is 0. The van der Waals surface area contributed by atoms with Crippen LogP contribution in [0.1, 0.15) is 12.5 Å². The molecule has 0 atom stereocenters. The molecule has 0 unspecified atom stereocenters. The van der Waals surface area contributed by atoms with Gasteiger partial charge in [-0.15, -0.1) is 0 Å². The molecular weight excluding hydrogens is 182 g/mol. The van der Waals surface area contributed by atoms with Crippen LogP contribution in [-0.4, -0.2) is 17.0 Å². The molecule has 74 valence electrons. The number of diazo groups is 1. The van der Waals surface area contributed by atoms with E-state index in [-0.39, 0.29) is 6.54 Å². The maximum absolute atomic E-state index is 9.54. The van der Waals surface area contributed by atoms with Crippen molar-refractivity contribution in [1.29, 1.82) is 5.39 Å². The topological polar surface area (TPSA) is 68.6 Å². The molecule has 2 N–H and O–H groups in total. The number of quaternary nitrogens is 1. The monoisotopic (exact) mass is 195 g/mol. The summed E-state index contributed by atoms with van der Waals surface area (Å²) in [5, 5.41) is 27.6. The second-order valence-electron chi connectivity index (χ2n) is 3.12. The van der Waals surface area contributed by atoms with Crippen LogP contribution in [0.3, 0.4) is 0 Å². The van der Waals surface area contributed by atoms with Crippen LogP contribution in [-0.2, 0) is 0 Å². The maximum atomic E-state index is 9.54. The highest BCUT2D eigenvalue weighted by molar-refractivity contribution is 5.57. The van der Waals surface area contributed by atoms with Crippen LogP contribution < -0.4 is 4.81 Å². The minimum atomic E-state index is -1.16. The second kappa shape index (κ2) is 3.72. The van der Waals surface area contributed by atoms with E-state index >= 15 is 0 Å². The van der Waals surface area contributed by atoms with Gasteiger partial charge in [-0.05, 0) is 18.7 Å². The summed E-state index contributed by atoms with van der Waals surface area (Å²) in [6.45, 7) is 3.53. The van der Waals surface area contributed by atoms with Gasteiger partial charge in [0, 0.05) is 23.8 Å². The zero-order chi connectivity index (χ0) is 10.8. The lowest BCUT2D eigenvalue weighted by Gasteiger charge is -2.19. The highest BCUT2D eigenvalue weighted by Crippen LogP contribution is 2.27. The number of hydrogen-bond donors (Lipinski definition) is 2. The quantitative estimate of drug-likeness (QED) is 0.433. The molecule has 0 fully saturated rings. The Morgan fingerprint density at radius 3 is 2.50 bits per heavy atom. The molecule has 0 aromatic heterocycles. The summed E-state index contributed by atoms with van der Waals surface area (Å²) in [5.74, 6) is 0. The van der Waals surface area contributed by atoms with Crippen LogP contribution in [0, 0.1) is 12.3 Å². The van der Waals surface area contributed by atoms with E-state index in [1.54, 1.807) is 19.9 Å². The van der Waals surface area contributed by atoms with Gasteiger partial charge in [-0.25, -0.2) is 0 Å². The largest absolute Gasteiger partial charge is 0.385 e. The molecule has 0 saturated heterocycles. The lowest BCUT2D eigenvalue weighted by Crippen LogP contribution is -2.42. The first kappa shape index (κ1) is 10.6. The van der Waals surface area contributed by atoms with E-state index in [4.69, 9.17) is 5.39 Å². The molecule has 0 radical (unpaired) electrons. The van der Waals surface area contributed by atoms with E-state index in [9.17, 15) is 10.4 Å². The minimum Gasteiger partial charge on any atom is -0.176 e. The molecule has 1 aromatic carbocycles. The van der Waals surface area contributed by atoms with E-state index in [1.165, 1.54) is 12.1 Å². The van der Waals surface area contributed by atoms with Crippen molar-refractivity contribution in [3.05, 3.63) is 28.7 Å². The summed E-state index contributed by atoms with van der Waals surface area (Å²) in [6, 6.07) is 4.61. The van der Waals surface area contributed by atoms with Crippen molar-refractivity contribution in [1.82, 2.24) is 4.81 Å². The number of hydroxylamine groups is 2. The smallest absolute Gasteiger partial charge is 0.176 e.